The zero-order chi connectivity index (χ0) is 23.1. The Labute approximate surface area is 196 Å². The molecule has 4 aromatic rings. The van der Waals surface area contributed by atoms with E-state index in [-0.39, 0.29) is 5.71 Å². The highest BCUT2D eigenvalue weighted by Gasteiger charge is 2.37. The maximum absolute atomic E-state index is 11.9. The molecular formula is C26H24N4O2S. The summed E-state index contributed by atoms with van der Waals surface area (Å²) in [6, 6.07) is 30.6. The molecule has 0 unspecified atom stereocenters. The first-order chi connectivity index (χ1) is 16.1. The summed E-state index contributed by atoms with van der Waals surface area (Å²) >= 11 is 1.37. The first kappa shape index (κ1) is 22.2. The minimum absolute atomic E-state index is 0.00844. The highest BCUT2D eigenvalue weighted by molar-refractivity contribution is 7.14. The average Bonchev–Trinajstić information content (AvgIpc) is 3.32. The fourth-order valence-electron chi connectivity index (χ4n) is 3.73. The van der Waals surface area contributed by atoms with Crippen molar-refractivity contribution in [3.8, 4) is 0 Å². The number of hydrogen-bond donors (Lipinski definition) is 2. The monoisotopic (exact) mass is 456 g/mol. The maximum atomic E-state index is 11.9. The van der Waals surface area contributed by atoms with E-state index in [0.29, 0.717) is 17.4 Å². The largest absolute Gasteiger partial charge is 0.395 e. The summed E-state index contributed by atoms with van der Waals surface area (Å²) in [5.41, 5.74) is 8.31. The number of amides is 1. The van der Waals surface area contributed by atoms with E-state index in [2.05, 4.69) is 51.9 Å². The predicted molar refractivity (Wildman–Crippen MR) is 132 cm³/mol. The number of oxime groups is 1. The molecule has 1 heterocycles. The van der Waals surface area contributed by atoms with Crippen molar-refractivity contribution >= 4 is 28.1 Å². The molecule has 7 heteroatoms. The van der Waals surface area contributed by atoms with Gasteiger partial charge in [0.25, 0.3) is 5.91 Å². The summed E-state index contributed by atoms with van der Waals surface area (Å²) in [6.07, 6.45) is 0. The molecule has 1 amide bonds. The van der Waals surface area contributed by atoms with E-state index in [1.165, 1.54) is 11.3 Å². The van der Waals surface area contributed by atoms with Crippen LogP contribution in [0.1, 0.15) is 29.3 Å². The van der Waals surface area contributed by atoms with Gasteiger partial charge in [0.05, 0.1) is 0 Å². The third-order valence-corrected chi connectivity index (χ3v) is 5.94. The van der Waals surface area contributed by atoms with Crippen LogP contribution < -0.4 is 11.1 Å². The second-order valence-corrected chi connectivity index (χ2v) is 8.09. The minimum Gasteiger partial charge on any atom is -0.395 e. The van der Waals surface area contributed by atoms with Gasteiger partial charge in [0.1, 0.15) is 17.8 Å². The Morgan fingerprint density at radius 1 is 0.939 bits per heavy atom. The normalized spacial score (nSPS) is 11.7. The van der Waals surface area contributed by atoms with Gasteiger partial charge in [-0.05, 0) is 23.6 Å². The Morgan fingerprint density at radius 3 is 1.85 bits per heavy atom. The number of thiazole rings is 1. The molecule has 3 N–H and O–H groups in total. The van der Waals surface area contributed by atoms with Crippen molar-refractivity contribution in [1.82, 2.24) is 4.98 Å². The van der Waals surface area contributed by atoms with Gasteiger partial charge in [0, 0.05) is 5.38 Å². The zero-order valence-corrected chi connectivity index (χ0v) is 19.0. The van der Waals surface area contributed by atoms with Crippen LogP contribution in [-0.2, 0) is 15.2 Å². The number of anilines is 1. The molecule has 0 spiro atoms. The van der Waals surface area contributed by atoms with Gasteiger partial charge in [-0.3, -0.25) is 4.79 Å². The lowest BCUT2D eigenvalue weighted by Gasteiger charge is -2.36. The Bertz CT molecular complexity index is 1130. The fourth-order valence-corrected chi connectivity index (χ4v) is 4.48. The van der Waals surface area contributed by atoms with Gasteiger partial charge in [-0.15, -0.1) is 11.3 Å². The molecule has 0 aliphatic heterocycles. The van der Waals surface area contributed by atoms with Gasteiger partial charge in [0.15, 0.2) is 10.8 Å². The van der Waals surface area contributed by atoms with Crippen molar-refractivity contribution < 1.29 is 9.63 Å². The summed E-state index contributed by atoms with van der Waals surface area (Å²) < 4.78 is 0. The molecule has 0 saturated heterocycles. The molecule has 33 heavy (non-hydrogen) atoms. The maximum Gasteiger partial charge on any atom is 0.273 e. The second kappa shape index (κ2) is 10.1. The van der Waals surface area contributed by atoms with Crippen molar-refractivity contribution in [2.45, 2.75) is 12.5 Å². The van der Waals surface area contributed by atoms with Crippen LogP contribution in [0.3, 0.4) is 0 Å². The van der Waals surface area contributed by atoms with Crippen LogP contribution in [0.15, 0.2) is 102 Å². The second-order valence-electron chi connectivity index (χ2n) is 7.23. The number of carbonyl (C=O) groups excluding carboxylic acids is 1. The van der Waals surface area contributed by atoms with Gasteiger partial charge < -0.3 is 15.9 Å². The molecule has 4 rings (SSSR count). The van der Waals surface area contributed by atoms with Crippen molar-refractivity contribution in [2.24, 2.45) is 10.9 Å². The quantitative estimate of drug-likeness (QED) is 0.216. The summed E-state index contributed by atoms with van der Waals surface area (Å²) in [4.78, 5) is 21.6. The SMILES string of the molecule is CCO/N=C(/C(N)=O)c1csc(NC(c2ccccc2)(c2ccccc2)c2ccccc2)n1. The number of rotatable bonds is 9. The van der Waals surface area contributed by atoms with Crippen molar-refractivity contribution in [1.29, 1.82) is 0 Å². The molecule has 1 aromatic heterocycles. The Balaban J connectivity index is 1.87. The molecule has 0 aliphatic rings. The predicted octanol–water partition coefficient (Wildman–Crippen LogP) is 4.77. The van der Waals surface area contributed by atoms with Crippen molar-refractivity contribution in [3.05, 3.63) is 119 Å². The summed E-state index contributed by atoms with van der Waals surface area (Å²) in [5, 5.41) is 9.89. The lowest BCUT2D eigenvalue weighted by atomic mass is 9.77. The van der Waals surface area contributed by atoms with Gasteiger partial charge in [-0.2, -0.15) is 0 Å². The average molecular weight is 457 g/mol. The van der Waals surface area contributed by atoms with Crippen LogP contribution in [0.4, 0.5) is 5.13 Å². The van der Waals surface area contributed by atoms with E-state index in [1.54, 1.807) is 12.3 Å². The number of nitrogens with two attached hydrogens (primary N) is 1. The van der Waals surface area contributed by atoms with E-state index in [0.717, 1.165) is 16.7 Å². The van der Waals surface area contributed by atoms with Gasteiger partial charge in [-0.1, -0.05) is 96.2 Å². The molecule has 0 atom stereocenters. The lowest BCUT2D eigenvalue weighted by molar-refractivity contribution is -0.112. The third-order valence-electron chi connectivity index (χ3n) is 5.18. The van der Waals surface area contributed by atoms with Gasteiger partial charge >= 0.3 is 0 Å². The number of nitrogens with one attached hydrogen (secondary N) is 1. The van der Waals surface area contributed by atoms with Crippen LogP contribution in [0, 0.1) is 0 Å². The van der Waals surface area contributed by atoms with Crippen LogP contribution >= 0.6 is 11.3 Å². The zero-order valence-electron chi connectivity index (χ0n) is 18.1. The van der Waals surface area contributed by atoms with E-state index in [4.69, 9.17) is 10.6 Å². The first-order valence-corrected chi connectivity index (χ1v) is 11.4. The molecular weight excluding hydrogens is 432 g/mol. The highest BCUT2D eigenvalue weighted by atomic mass is 32.1. The molecule has 6 nitrogen and oxygen atoms in total. The van der Waals surface area contributed by atoms with Crippen LogP contribution in [0.25, 0.3) is 0 Å². The number of benzene rings is 3. The van der Waals surface area contributed by atoms with Crippen LogP contribution in [0.5, 0.6) is 0 Å². The molecule has 0 saturated carbocycles. The van der Waals surface area contributed by atoms with E-state index < -0.39 is 11.4 Å². The van der Waals surface area contributed by atoms with Crippen molar-refractivity contribution in [2.75, 3.05) is 11.9 Å². The standard InChI is InChI=1S/C26H24N4O2S/c1-2-32-30-23(24(27)31)22-18-33-25(28-22)29-26(19-12-6-3-7-13-19,20-14-8-4-9-15-20)21-16-10-5-11-17-21/h3-18H,2H2,1H3,(H2,27,31)(H,28,29)/b30-23+. The molecule has 166 valence electrons. The topological polar surface area (TPSA) is 89.6 Å². The summed E-state index contributed by atoms with van der Waals surface area (Å²) in [5.74, 6) is -0.694. The number of primary amides is 1. The van der Waals surface area contributed by atoms with Crippen LogP contribution in [-0.4, -0.2) is 23.2 Å². The molecule has 0 aliphatic carbocycles. The van der Waals surface area contributed by atoms with E-state index in [1.807, 2.05) is 54.6 Å². The number of hydrogen-bond acceptors (Lipinski definition) is 6. The van der Waals surface area contributed by atoms with E-state index in [9.17, 15) is 4.79 Å². The van der Waals surface area contributed by atoms with Gasteiger partial charge in [0.2, 0.25) is 0 Å². The number of nitrogens with zero attached hydrogens (tertiary/aromatic N) is 2. The van der Waals surface area contributed by atoms with Crippen LogP contribution in [0.2, 0.25) is 0 Å². The highest BCUT2D eigenvalue weighted by Crippen LogP contribution is 2.40. The summed E-state index contributed by atoms with van der Waals surface area (Å²) in [7, 11) is 0. The third kappa shape index (κ3) is 4.63. The number of aromatic nitrogens is 1. The lowest BCUT2D eigenvalue weighted by Crippen LogP contribution is -2.38. The smallest absolute Gasteiger partial charge is 0.273 e. The van der Waals surface area contributed by atoms with Crippen molar-refractivity contribution in [3.63, 3.8) is 0 Å². The Kier molecular flexibility index (Phi) is 6.80. The summed E-state index contributed by atoms with van der Waals surface area (Å²) in [6.45, 7) is 2.11. The molecule has 3 aromatic carbocycles. The Hall–Kier alpha value is -3.97. The molecule has 0 radical (unpaired) electrons. The Morgan fingerprint density at radius 2 is 1.42 bits per heavy atom. The minimum atomic E-state index is -0.719. The van der Waals surface area contributed by atoms with E-state index >= 15 is 0 Å². The fraction of sp³-hybridized carbons (Fsp3) is 0.115. The molecule has 0 bridgehead atoms. The van der Waals surface area contributed by atoms with Gasteiger partial charge in [-0.25, -0.2) is 4.98 Å². The number of carbonyl (C=O) groups is 1. The molecule has 0 fully saturated rings. The first-order valence-electron chi connectivity index (χ1n) is 10.6.